The van der Waals surface area contributed by atoms with Gasteiger partial charge in [0.25, 0.3) is 5.91 Å². The van der Waals surface area contributed by atoms with Crippen LogP contribution in [0.1, 0.15) is 21.6 Å². The smallest absolute Gasteiger partial charge is 0.271 e. The predicted molar refractivity (Wildman–Crippen MR) is 138 cm³/mol. The largest absolute Gasteiger partial charge is 0.350 e. The average Bonchev–Trinajstić information content (AvgIpc) is 3.28. The zero-order valence-corrected chi connectivity index (χ0v) is 19.2. The van der Waals surface area contributed by atoms with E-state index in [1.807, 2.05) is 89.5 Å². The van der Waals surface area contributed by atoms with Gasteiger partial charge in [-0.2, -0.15) is 0 Å². The molecular weight excluding hydrogens is 434 g/mol. The van der Waals surface area contributed by atoms with Crippen molar-refractivity contribution in [2.45, 2.75) is 25.7 Å². The average molecular weight is 460 g/mol. The van der Waals surface area contributed by atoms with Gasteiger partial charge in [0.1, 0.15) is 11.7 Å². The van der Waals surface area contributed by atoms with Crippen LogP contribution in [0, 0.1) is 0 Å². The summed E-state index contributed by atoms with van der Waals surface area (Å²) in [5.74, 6) is -0.272. The molecule has 172 valence electrons. The maximum absolute atomic E-state index is 13.8. The summed E-state index contributed by atoms with van der Waals surface area (Å²) < 4.78 is 1.99. The summed E-state index contributed by atoms with van der Waals surface area (Å²) in [5.41, 5.74) is 3.65. The van der Waals surface area contributed by atoms with Crippen LogP contribution in [0.4, 0.5) is 0 Å². The molecule has 1 aromatic heterocycles. The number of nitrogens with one attached hydrogen (secondary N) is 1. The van der Waals surface area contributed by atoms with E-state index in [1.54, 1.807) is 4.90 Å². The first-order valence-corrected chi connectivity index (χ1v) is 11.9. The van der Waals surface area contributed by atoms with E-state index in [1.165, 1.54) is 0 Å². The van der Waals surface area contributed by atoms with E-state index < -0.39 is 6.04 Å². The molecule has 0 unspecified atom stereocenters. The number of rotatable bonds is 5. The molecule has 6 rings (SSSR count). The minimum absolute atomic E-state index is 0.125. The van der Waals surface area contributed by atoms with Crippen LogP contribution in [-0.2, 0) is 24.4 Å². The van der Waals surface area contributed by atoms with Crippen molar-refractivity contribution in [3.8, 4) is 0 Å². The number of nitrogens with zero attached hydrogens (tertiary/aromatic N) is 2. The number of hydrogen-bond donors (Lipinski definition) is 1. The summed E-state index contributed by atoms with van der Waals surface area (Å²) in [6, 6.07) is 33.4. The second-order valence-electron chi connectivity index (χ2n) is 8.99. The normalized spacial score (nSPS) is 15.4. The topological polar surface area (TPSA) is 54.3 Å². The van der Waals surface area contributed by atoms with Crippen LogP contribution in [0.3, 0.4) is 0 Å². The molecule has 0 aliphatic carbocycles. The number of benzene rings is 4. The lowest BCUT2D eigenvalue weighted by Crippen LogP contribution is -2.54. The predicted octanol–water partition coefficient (Wildman–Crippen LogP) is 5.14. The van der Waals surface area contributed by atoms with Gasteiger partial charge in [0, 0.05) is 24.0 Å². The molecule has 0 fully saturated rings. The van der Waals surface area contributed by atoms with E-state index >= 15 is 0 Å². The summed E-state index contributed by atoms with van der Waals surface area (Å²) >= 11 is 0. The van der Waals surface area contributed by atoms with Crippen LogP contribution >= 0.6 is 0 Å². The molecule has 0 radical (unpaired) electrons. The quantitative estimate of drug-likeness (QED) is 0.396. The monoisotopic (exact) mass is 459 g/mol. The molecule has 5 nitrogen and oxygen atoms in total. The Morgan fingerprint density at radius 1 is 0.829 bits per heavy atom. The second-order valence-corrected chi connectivity index (χ2v) is 8.99. The van der Waals surface area contributed by atoms with E-state index in [4.69, 9.17) is 0 Å². The molecule has 0 saturated heterocycles. The van der Waals surface area contributed by atoms with Gasteiger partial charge in [-0.3, -0.25) is 9.59 Å². The van der Waals surface area contributed by atoms with Gasteiger partial charge in [-0.25, -0.2) is 0 Å². The number of carbonyl (C=O) groups excluding carboxylic acids is 2. The number of para-hydroxylation sites is 1. The molecule has 1 aliphatic heterocycles. The Bertz CT molecular complexity index is 1550. The van der Waals surface area contributed by atoms with Crippen LogP contribution in [0.25, 0.3) is 21.7 Å². The molecule has 5 heteroatoms. The molecule has 2 heterocycles. The molecule has 2 amide bonds. The maximum Gasteiger partial charge on any atom is 0.271 e. The van der Waals surface area contributed by atoms with Crippen LogP contribution in [0.15, 0.2) is 103 Å². The van der Waals surface area contributed by atoms with Gasteiger partial charge in [0.2, 0.25) is 5.91 Å². The molecule has 0 bridgehead atoms. The van der Waals surface area contributed by atoms with Crippen LogP contribution in [0.5, 0.6) is 0 Å². The highest BCUT2D eigenvalue weighted by Gasteiger charge is 2.37. The Balaban J connectivity index is 1.38. The fraction of sp³-hybridized carbons (Fsp3) is 0.133. The van der Waals surface area contributed by atoms with Gasteiger partial charge in [0.15, 0.2) is 0 Å². The van der Waals surface area contributed by atoms with Gasteiger partial charge < -0.3 is 14.8 Å². The van der Waals surface area contributed by atoms with Crippen molar-refractivity contribution in [2.75, 3.05) is 0 Å². The Morgan fingerprint density at radius 2 is 1.54 bits per heavy atom. The Labute approximate surface area is 203 Å². The molecule has 1 atom stereocenters. The van der Waals surface area contributed by atoms with Gasteiger partial charge in [-0.15, -0.1) is 0 Å². The fourth-order valence-corrected chi connectivity index (χ4v) is 5.07. The highest BCUT2D eigenvalue weighted by molar-refractivity contribution is 6.02. The lowest BCUT2D eigenvalue weighted by Gasteiger charge is -2.36. The standard InChI is InChI=1S/C30H25N3O2/c34-29(31-18-21-9-2-1-3-10-21)28-20-32-26-16-7-5-12-23(26)17-27(32)30(35)33(28)19-24-14-8-13-22-11-4-6-15-25(22)24/h1-17,28H,18-20H2,(H,31,34)/t28-/m0/s1. The highest BCUT2D eigenvalue weighted by atomic mass is 16.2. The van der Waals surface area contributed by atoms with Crippen LogP contribution in [0.2, 0.25) is 0 Å². The van der Waals surface area contributed by atoms with Crippen LogP contribution in [-0.4, -0.2) is 27.3 Å². The summed E-state index contributed by atoms with van der Waals surface area (Å²) in [7, 11) is 0. The minimum atomic E-state index is -0.617. The third-order valence-corrected chi connectivity index (χ3v) is 6.86. The van der Waals surface area contributed by atoms with Crippen molar-refractivity contribution < 1.29 is 9.59 Å². The van der Waals surface area contributed by atoms with Crippen molar-refractivity contribution >= 4 is 33.5 Å². The molecule has 5 aromatic rings. The fourth-order valence-electron chi connectivity index (χ4n) is 5.07. The van der Waals surface area contributed by atoms with Crippen molar-refractivity contribution in [1.29, 1.82) is 0 Å². The number of amides is 2. The van der Waals surface area contributed by atoms with Gasteiger partial charge in [0.05, 0.1) is 6.54 Å². The van der Waals surface area contributed by atoms with Crippen molar-refractivity contribution in [2.24, 2.45) is 0 Å². The molecule has 0 spiro atoms. The molecule has 1 N–H and O–H groups in total. The summed E-state index contributed by atoms with van der Waals surface area (Å²) in [6.07, 6.45) is 0. The van der Waals surface area contributed by atoms with Crippen molar-refractivity contribution in [1.82, 2.24) is 14.8 Å². The number of hydrogen-bond acceptors (Lipinski definition) is 2. The first kappa shape index (κ1) is 21.2. The highest BCUT2D eigenvalue weighted by Crippen LogP contribution is 2.29. The first-order chi connectivity index (χ1) is 17.2. The minimum Gasteiger partial charge on any atom is -0.350 e. The van der Waals surface area contributed by atoms with E-state index in [2.05, 4.69) is 23.5 Å². The van der Waals surface area contributed by atoms with E-state index in [9.17, 15) is 9.59 Å². The molecule has 1 aliphatic rings. The third kappa shape index (κ3) is 3.85. The molecule has 35 heavy (non-hydrogen) atoms. The molecule has 0 saturated carbocycles. The van der Waals surface area contributed by atoms with Gasteiger partial charge >= 0.3 is 0 Å². The lowest BCUT2D eigenvalue weighted by molar-refractivity contribution is -0.126. The summed E-state index contributed by atoms with van der Waals surface area (Å²) in [4.78, 5) is 29.1. The Hall–Kier alpha value is -4.38. The number of fused-ring (bicyclic) bond motifs is 4. The lowest BCUT2D eigenvalue weighted by atomic mass is 10.0. The third-order valence-electron chi connectivity index (χ3n) is 6.86. The zero-order valence-electron chi connectivity index (χ0n) is 19.2. The SMILES string of the molecule is O=C(NCc1ccccc1)[C@@H]1Cn2c(cc3ccccc32)C(=O)N1Cc1cccc2ccccc12. The van der Waals surface area contributed by atoms with E-state index in [-0.39, 0.29) is 11.8 Å². The summed E-state index contributed by atoms with van der Waals surface area (Å²) in [5, 5.41) is 6.29. The zero-order chi connectivity index (χ0) is 23.8. The number of carbonyl (C=O) groups is 2. The molecule has 4 aromatic carbocycles. The Kier molecular flexibility index (Phi) is 5.30. The van der Waals surface area contributed by atoms with Gasteiger partial charge in [-0.05, 0) is 34.0 Å². The molecular formula is C30H25N3O2. The summed E-state index contributed by atoms with van der Waals surface area (Å²) in [6.45, 7) is 1.21. The second kappa shape index (κ2) is 8.76. The van der Waals surface area contributed by atoms with Crippen molar-refractivity contribution in [3.63, 3.8) is 0 Å². The van der Waals surface area contributed by atoms with Crippen molar-refractivity contribution in [3.05, 3.63) is 120 Å². The first-order valence-electron chi connectivity index (χ1n) is 11.9. The number of aromatic nitrogens is 1. The van der Waals surface area contributed by atoms with E-state index in [0.29, 0.717) is 25.3 Å². The maximum atomic E-state index is 13.8. The van der Waals surface area contributed by atoms with E-state index in [0.717, 1.165) is 32.8 Å². The van der Waals surface area contributed by atoms with Gasteiger partial charge in [-0.1, -0.05) is 91.0 Å². The Morgan fingerprint density at radius 3 is 2.40 bits per heavy atom. The van der Waals surface area contributed by atoms with Crippen LogP contribution < -0.4 is 5.32 Å².